The standard InChI is InChI=1S/C21H23ClN2/c1-14-12-16-6-7-17-18(4-3-5-19(17)22)20(21(16)23-13-14)15-8-10-24(2)11-9-15/h3-5,12-13H,6-11H2,1-2H3. The minimum absolute atomic E-state index is 0.892. The average molecular weight is 339 g/mol. The van der Waals surface area contributed by atoms with E-state index in [1.807, 2.05) is 12.3 Å². The Morgan fingerprint density at radius 2 is 1.88 bits per heavy atom. The first-order valence-electron chi connectivity index (χ1n) is 8.77. The highest BCUT2D eigenvalue weighted by Gasteiger charge is 2.25. The fourth-order valence-corrected chi connectivity index (χ4v) is 4.24. The number of piperidine rings is 1. The molecule has 0 spiro atoms. The van der Waals surface area contributed by atoms with E-state index in [0.29, 0.717) is 0 Å². The van der Waals surface area contributed by atoms with Crippen LogP contribution >= 0.6 is 11.6 Å². The summed E-state index contributed by atoms with van der Waals surface area (Å²) >= 11 is 6.57. The SMILES string of the molecule is Cc1cnc2c(c1)CCc1c(Cl)cccc1C2=C1CCN(C)CC1. The van der Waals surface area contributed by atoms with E-state index < -0.39 is 0 Å². The lowest BCUT2D eigenvalue weighted by Crippen LogP contribution is -2.27. The van der Waals surface area contributed by atoms with Crippen LogP contribution in [0.3, 0.4) is 0 Å². The molecule has 3 heteroatoms. The topological polar surface area (TPSA) is 16.1 Å². The summed E-state index contributed by atoms with van der Waals surface area (Å²) in [5, 5.41) is 0.892. The summed E-state index contributed by atoms with van der Waals surface area (Å²) in [6, 6.07) is 8.64. The van der Waals surface area contributed by atoms with Crippen LogP contribution in [0, 0.1) is 6.92 Å². The Kier molecular flexibility index (Phi) is 4.19. The molecule has 0 saturated carbocycles. The molecule has 24 heavy (non-hydrogen) atoms. The number of aromatic nitrogens is 1. The van der Waals surface area contributed by atoms with Gasteiger partial charge >= 0.3 is 0 Å². The van der Waals surface area contributed by atoms with Gasteiger partial charge in [0, 0.05) is 29.9 Å². The van der Waals surface area contributed by atoms with E-state index >= 15 is 0 Å². The molecule has 2 aromatic rings. The van der Waals surface area contributed by atoms with Crippen molar-refractivity contribution in [2.24, 2.45) is 0 Å². The molecule has 0 radical (unpaired) electrons. The molecule has 2 nitrogen and oxygen atoms in total. The molecule has 4 rings (SSSR count). The van der Waals surface area contributed by atoms with Crippen LogP contribution < -0.4 is 0 Å². The third-order valence-electron chi connectivity index (χ3n) is 5.32. The molecule has 1 aliphatic carbocycles. The summed E-state index contributed by atoms with van der Waals surface area (Å²) in [7, 11) is 2.20. The van der Waals surface area contributed by atoms with Crippen molar-refractivity contribution in [3.05, 3.63) is 69.0 Å². The molecule has 124 valence electrons. The molecule has 0 bridgehead atoms. The van der Waals surface area contributed by atoms with Crippen LogP contribution in [-0.2, 0) is 12.8 Å². The van der Waals surface area contributed by atoms with Crippen molar-refractivity contribution < 1.29 is 0 Å². The number of rotatable bonds is 0. The molecule has 1 aromatic heterocycles. The fraction of sp³-hybridized carbons (Fsp3) is 0.381. The Morgan fingerprint density at radius 1 is 1.08 bits per heavy atom. The zero-order chi connectivity index (χ0) is 16.7. The second kappa shape index (κ2) is 6.34. The van der Waals surface area contributed by atoms with Crippen LogP contribution in [0.5, 0.6) is 0 Å². The van der Waals surface area contributed by atoms with Gasteiger partial charge in [-0.25, -0.2) is 0 Å². The maximum atomic E-state index is 6.57. The lowest BCUT2D eigenvalue weighted by molar-refractivity contribution is 0.313. The summed E-state index contributed by atoms with van der Waals surface area (Å²) in [5.41, 5.74) is 9.26. The molecule has 2 heterocycles. The summed E-state index contributed by atoms with van der Waals surface area (Å²) in [6.07, 6.45) is 6.24. The van der Waals surface area contributed by atoms with Gasteiger partial charge in [0.1, 0.15) is 0 Å². The third-order valence-corrected chi connectivity index (χ3v) is 5.67. The summed E-state index contributed by atoms with van der Waals surface area (Å²) in [6.45, 7) is 4.37. The quantitative estimate of drug-likeness (QED) is 0.694. The number of halogens is 1. The Hall–Kier alpha value is -1.64. The Labute approximate surface area is 149 Å². The first kappa shape index (κ1) is 15.9. The number of hydrogen-bond donors (Lipinski definition) is 0. The second-order valence-corrected chi connectivity index (χ2v) is 7.48. The summed E-state index contributed by atoms with van der Waals surface area (Å²) in [4.78, 5) is 7.27. The van der Waals surface area contributed by atoms with E-state index in [4.69, 9.17) is 16.6 Å². The Balaban J connectivity index is 1.96. The lowest BCUT2D eigenvalue weighted by Gasteiger charge is -2.27. The molecule has 1 fully saturated rings. The van der Waals surface area contributed by atoms with Crippen LogP contribution in [0.15, 0.2) is 36.0 Å². The highest BCUT2D eigenvalue weighted by Crippen LogP contribution is 2.39. The van der Waals surface area contributed by atoms with Gasteiger partial charge in [0.05, 0.1) is 5.69 Å². The van der Waals surface area contributed by atoms with Crippen molar-refractivity contribution in [1.82, 2.24) is 9.88 Å². The number of pyridine rings is 1. The number of hydrogen-bond acceptors (Lipinski definition) is 2. The van der Waals surface area contributed by atoms with Crippen LogP contribution in [0.4, 0.5) is 0 Å². The number of nitrogens with zero attached hydrogens (tertiary/aromatic N) is 2. The fourth-order valence-electron chi connectivity index (χ4n) is 3.98. The molecule has 0 N–H and O–H groups in total. The molecular formula is C21H23ClN2. The predicted molar refractivity (Wildman–Crippen MR) is 101 cm³/mol. The van der Waals surface area contributed by atoms with E-state index in [-0.39, 0.29) is 0 Å². The largest absolute Gasteiger partial charge is 0.306 e. The second-order valence-electron chi connectivity index (χ2n) is 7.07. The highest BCUT2D eigenvalue weighted by molar-refractivity contribution is 6.31. The maximum absolute atomic E-state index is 6.57. The summed E-state index contributed by atoms with van der Waals surface area (Å²) < 4.78 is 0. The van der Waals surface area contributed by atoms with E-state index in [1.54, 1.807) is 0 Å². The Morgan fingerprint density at radius 3 is 2.67 bits per heavy atom. The van der Waals surface area contributed by atoms with Gasteiger partial charge < -0.3 is 4.90 Å². The monoisotopic (exact) mass is 338 g/mol. The van der Waals surface area contributed by atoms with E-state index in [2.05, 4.69) is 37.1 Å². The molecule has 0 atom stereocenters. The van der Waals surface area contributed by atoms with Gasteiger partial charge in [-0.15, -0.1) is 0 Å². The van der Waals surface area contributed by atoms with E-state index in [9.17, 15) is 0 Å². The van der Waals surface area contributed by atoms with Gasteiger partial charge in [-0.05, 0) is 68.0 Å². The third kappa shape index (κ3) is 2.78. The van der Waals surface area contributed by atoms with E-state index in [1.165, 1.54) is 39.1 Å². The maximum Gasteiger partial charge on any atom is 0.0739 e. The molecule has 1 aliphatic heterocycles. The van der Waals surface area contributed by atoms with Gasteiger partial charge in [0.2, 0.25) is 0 Å². The van der Waals surface area contributed by atoms with Gasteiger partial charge in [0.25, 0.3) is 0 Å². The molecule has 0 amide bonds. The predicted octanol–water partition coefficient (Wildman–Crippen LogP) is 4.67. The van der Waals surface area contributed by atoms with Crippen molar-refractivity contribution in [3.63, 3.8) is 0 Å². The zero-order valence-corrected chi connectivity index (χ0v) is 15.2. The van der Waals surface area contributed by atoms with Gasteiger partial charge in [0.15, 0.2) is 0 Å². The molecular weight excluding hydrogens is 316 g/mol. The van der Waals surface area contributed by atoms with Gasteiger partial charge in [-0.2, -0.15) is 0 Å². The van der Waals surface area contributed by atoms with Crippen LogP contribution in [0.25, 0.3) is 5.57 Å². The lowest BCUT2D eigenvalue weighted by atomic mass is 9.88. The average Bonchev–Trinajstić information content (AvgIpc) is 2.73. The van der Waals surface area contributed by atoms with Crippen molar-refractivity contribution in [2.75, 3.05) is 20.1 Å². The van der Waals surface area contributed by atoms with Crippen LogP contribution in [0.2, 0.25) is 5.02 Å². The highest BCUT2D eigenvalue weighted by atomic mass is 35.5. The molecule has 2 aliphatic rings. The van der Waals surface area contributed by atoms with Gasteiger partial charge in [-0.1, -0.05) is 35.4 Å². The van der Waals surface area contributed by atoms with Gasteiger partial charge in [-0.3, -0.25) is 4.98 Å². The first-order chi connectivity index (χ1) is 11.6. The smallest absolute Gasteiger partial charge is 0.0739 e. The number of fused-ring (bicyclic) bond motifs is 2. The normalized spacial score (nSPS) is 18.1. The molecule has 1 saturated heterocycles. The van der Waals surface area contributed by atoms with E-state index in [0.717, 1.165) is 43.8 Å². The molecule has 0 unspecified atom stereocenters. The Bertz CT molecular complexity index is 813. The van der Waals surface area contributed by atoms with Crippen LogP contribution in [0.1, 0.15) is 40.8 Å². The molecule has 1 aromatic carbocycles. The van der Waals surface area contributed by atoms with Crippen LogP contribution in [-0.4, -0.2) is 30.0 Å². The minimum Gasteiger partial charge on any atom is -0.306 e. The number of aryl methyl sites for hydroxylation is 2. The van der Waals surface area contributed by atoms with Crippen molar-refractivity contribution in [2.45, 2.75) is 32.6 Å². The van der Waals surface area contributed by atoms with Crippen molar-refractivity contribution >= 4 is 17.2 Å². The van der Waals surface area contributed by atoms with Crippen molar-refractivity contribution in [1.29, 1.82) is 0 Å². The number of benzene rings is 1. The summed E-state index contributed by atoms with van der Waals surface area (Å²) in [5.74, 6) is 0. The first-order valence-corrected chi connectivity index (χ1v) is 9.15. The minimum atomic E-state index is 0.892. The zero-order valence-electron chi connectivity index (χ0n) is 14.4. The van der Waals surface area contributed by atoms with Crippen molar-refractivity contribution in [3.8, 4) is 0 Å². The number of likely N-dealkylation sites (tertiary alicyclic amines) is 1.